The van der Waals surface area contributed by atoms with E-state index in [0.29, 0.717) is 29.0 Å². The van der Waals surface area contributed by atoms with Crippen LogP contribution in [0.1, 0.15) is 11.4 Å². The number of nitrogens with zero attached hydrogens (tertiary/aromatic N) is 2. The van der Waals surface area contributed by atoms with Gasteiger partial charge in [-0.1, -0.05) is 42.5 Å². The second-order valence-electron chi connectivity index (χ2n) is 6.83. The van der Waals surface area contributed by atoms with Crippen molar-refractivity contribution in [2.24, 2.45) is 0 Å². The van der Waals surface area contributed by atoms with Crippen molar-refractivity contribution in [1.29, 1.82) is 0 Å². The Morgan fingerprint density at radius 3 is 2.57 bits per heavy atom. The summed E-state index contributed by atoms with van der Waals surface area (Å²) < 4.78 is 1.60. The van der Waals surface area contributed by atoms with E-state index in [2.05, 4.69) is 10.3 Å². The molecule has 1 unspecified atom stereocenters. The summed E-state index contributed by atoms with van der Waals surface area (Å²) in [5.74, 6) is -0.138. The Morgan fingerprint density at radius 2 is 1.83 bits per heavy atom. The first-order valence-electron chi connectivity index (χ1n) is 9.55. The molecule has 1 atom stereocenters. The lowest BCUT2D eigenvalue weighted by atomic mass is 10.1. The molecule has 8 heteroatoms. The number of hydrogen-bond donors (Lipinski definition) is 2. The summed E-state index contributed by atoms with van der Waals surface area (Å²) in [6.45, 7) is 2.21. The minimum Gasteiger partial charge on any atom is -0.480 e. The average molecular weight is 426 g/mol. The van der Waals surface area contributed by atoms with Crippen LogP contribution in [0.25, 0.3) is 10.9 Å². The number of rotatable bonds is 9. The van der Waals surface area contributed by atoms with Crippen LogP contribution in [0.2, 0.25) is 0 Å². The number of carboxylic acids is 1. The number of nitrogens with one attached hydrogen (secondary N) is 1. The van der Waals surface area contributed by atoms with E-state index >= 15 is 0 Å². The normalized spacial score (nSPS) is 11.9. The van der Waals surface area contributed by atoms with Crippen LogP contribution in [0, 0.1) is 6.92 Å². The number of aromatic nitrogens is 2. The molecule has 0 aliphatic heterocycles. The van der Waals surface area contributed by atoms with Crippen molar-refractivity contribution >= 4 is 34.5 Å². The molecule has 1 aromatic heterocycles. The monoisotopic (exact) mass is 425 g/mol. The number of para-hydroxylation sites is 1. The predicted octanol–water partition coefficient (Wildman–Crippen LogP) is 2.25. The standard InChI is InChI=1S/C22H23N3O4S/c1-15-23-18-10-6-5-9-17(18)21(27)25(15)11-12-30-14-20(26)24-19(22(28)29)13-16-7-3-2-4-8-16/h2-10,19H,11-14H2,1H3,(H,24,26)(H,28,29). The van der Waals surface area contributed by atoms with Gasteiger partial charge in [-0.05, 0) is 24.6 Å². The third-order valence-electron chi connectivity index (χ3n) is 4.66. The zero-order chi connectivity index (χ0) is 21.5. The first kappa shape index (κ1) is 21.6. The van der Waals surface area contributed by atoms with Gasteiger partial charge >= 0.3 is 5.97 Å². The lowest BCUT2D eigenvalue weighted by molar-refractivity contribution is -0.141. The van der Waals surface area contributed by atoms with Crippen molar-refractivity contribution in [3.8, 4) is 0 Å². The van der Waals surface area contributed by atoms with Gasteiger partial charge in [0.05, 0.1) is 16.7 Å². The van der Waals surface area contributed by atoms with E-state index in [1.807, 2.05) is 42.5 Å². The molecule has 30 heavy (non-hydrogen) atoms. The van der Waals surface area contributed by atoms with E-state index < -0.39 is 12.0 Å². The molecule has 0 aliphatic rings. The topological polar surface area (TPSA) is 101 Å². The highest BCUT2D eigenvalue weighted by atomic mass is 32.2. The van der Waals surface area contributed by atoms with Crippen LogP contribution in [-0.4, -0.2) is 44.1 Å². The molecule has 2 N–H and O–H groups in total. The Balaban J connectivity index is 1.52. The SMILES string of the molecule is Cc1nc2ccccc2c(=O)n1CCSCC(=O)NC(Cc1ccccc1)C(=O)O. The third-order valence-corrected chi connectivity index (χ3v) is 5.60. The highest BCUT2D eigenvalue weighted by Gasteiger charge is 2.20. The molecule has 156 valence electrons. The molecule has 7 nitrogen and oxygen atoms in total. The summed E-state index contributed by atoms with van der Waals surface area (Å²) in [6, 6.07) is 15.4. The van der Waals surface area contributed by atoms with Crippen LogP contribution in [0.4, 0.5) is 0 Å². The van der Waals surface area contributed by atoms with Crippen LogP contribution >= 0.6 is 11.8 Å². The Hall–Kier alpha value is -3.13. The van der Waals surface area contributed by atoms with E-state index in [0.717, 1.165) is 5.56 Å². The van der Waals surface area contributed by atoms with Gasteiger partial charge in [-0.2, -0.15) is 11.8 Å². The molecule has 1 amide bonds. The number of benzene rings is 2. The van der Waals surface area contributed by atoms with Crippen LogP contribution in [0.3, 0.4) is 0 Å². The van der Waals surface area contributed by atoms with Crippen molar-refractivity contribution in [2.45, 2.75) is 25.9 Å². The molecule has 2 aromatic carbocycles. The Bertz CT molecular complexity index is 1100. The van der Waals surface area contributed by atoms with Gasteiger partial charge in [0.15, 0.2) is 0 Å². The maximum Gasteiger partial charge on any atom is 0.326 e. The molecular formula is C22H23N3O4S. The van der Waals surface area contributed by atoms with Crippen molar-refractivity contribution < 1.29 is 14.7 Å². The van der Waals surface area contributed by atoms with E-state index in [9.17, 15) is 19.5 Å². The molecule has 3 rings (SSSR count). The lowest BCUT2D eigenvalue weighted by Gasteiger charge is -2.15. The highest BCUT2D eigenvalue weighted by Crippen LogP contribution is 2.09. The van der Waals surface area contributed by atoms with Gasteiger partial charge in [0.1, 0.15) is 11.9 Å². The predicted molar refractivity (Wildman–Crippen MR) is 118 cm³/mol. The van der Waals surface area contributed by atoms with Crippen molar-refractivity contribution in [3.05, 3.63) is 76.3 Å². The highest BCUT2D eigenvalue weighted by molar-refractivity contribution is 7.99. The number of thioether (sulfide) groups is 1. The van der Waals surface area contributed by atoms with E-state index in [-0.39, 0.29) is 23.6 Å². The smallest absolute Gasteiger partial charge is 0.326 e. The molecule has 0 aliphatic carbocycles. The first-order chi connectivity index (χ1) is 14.5. The Morgan fingerprint density at radius 1 is 1.13 bits per heavy atom. The van der Waals surface area contributed by atoms with E-state index in [1.165, 1.54) is 11.8 Å². The molecule has 1 heterocycles. The fourth-order valence-electron chi connectivity index (χ4n) is 3.15. The average Bonchev–Trinajstić information content (AvgIpc) is 2.73. The lowest BCUT2D eigenvalue weighted by Crippen LogP contribution is -2.43. The van der Waals surface area contributed by atoms with Crippen LogP contribution < -0.4 is 10.9 Å². The summed E-state index contributed by atoms with van der Waals surface area (Å²) in [4.78, 5) is 40.8. The van der Waals surface area contributed by atoms with Crippen molar-refractivity contribution in [2.75, 3.05) is 11.5 Å². The van der Waals surface area contributed by atoms with Gasteiger partial charge in [-0.3, -0.25) is 14.2 Å². The van der Waals surface area contributed by atoms with Crippen LogP contribution in [0.5, 0.6) is 0 Å². The van der Waals surface area contributed by atoms with Gasteiger partial charge in [0, 0.05) is 18.7 Å². The maximum atomic E-state index is 12.6. The van der Waals surface area contributed by atoms with Gasteiger partial charge in [-0.15, -0.1) is 0 Å². The largest absolute Gasteiger partial charge is 0.480 e. The summed E-state index contributed by atoms with van der Waals surface area (Å²) in [5, 5.41) is 12.5. The number of aliphatic carboxylic acids is 1. The number of fused-ring (bicyclic) bond motifs is 1. The van der Waals surface area contributed by atoms with Crippen molar-refractivity contribution in [3.63, 3.8) is 0 Å². The van der Waals surface area contributed by atoms with Crippen LogP contribution in [-0.2, 0) is 22.6 Å². The van der Waals surface area contributed by atoms with Crippen molar-refractivity contribution in [1.82, 2.24) is 14.9 Å². The van der Waals surface area contributed by atoms with Gasteiger partial charge < -0.3 is 10.4 Å². The van der Waals surface area contributed by atoms with E-state index in [4.69, 9.17) is 0 Å². The summed E-state index contributed by atoms with van der Waals surface area (Å²) >= 11 is 1.35. The Labute approximate surface area is 178 Å². The molecule has 0 fully saturated rings. The first-order valence-corrected chi connectivity index (χ1v) is 10.7. The zero-order valence-corrected chi connectivity index (χ0v) is 17.4. The van der Waals surface area contributed by atoms with Crippen LogP contribution in [0.15, 0.2) is 59.4 Å². The quantitative estimate of drug-likeness (QED) is 0.510. The third kappa shape index (κ3) is 5.48. The molecule has 0 saturated carbocycles. The minimum atomic E-state index is -1.07. The number of carboxylic acid groups (broad SMARTS) is 1. The van der Waals surface area contributed by atoms with Gasteiger partial charge in [0.2, 0.25) is 5.91 Å². The summed E-state index contributed by atoms with van der Waals surface area (Å²) in [6.07, 6.45) is 0.226. The second kappa shape index (κ2) is 10.1. The summed E-state index contributed by atoms with van der Waals surface area (Å²) in [7, 11) is 0. The van der Waals surface area contributed by atoms with Gasteiger partial charge in [-0.25, -0.2) is 9.78 Å². The molecular weight excluding hydrogens is 402 g/mol. The summed E-state index contributed by atoms with van der Waals surface area (Å²) in [5.41, 5.74) is 1.41. The fourth-order valence-corrected chi connectivity index (χ4v) is 3.87. The fraction of sp³-hybridized carbons (Fsp3) is 0.273. The Kier molecular flexibility index (Phi) is 7.24. The van der Waals surface area contributed by atoms with Gasteiger partial charge in [0.25, 0.3) is 5.56 Å². The number of carbonyl (C=O) groups excluding carboxylic acids is 1. The molecule has 0 radical (unpaired) electrons. The number of carbonyl (C=O) groups is 2. The minimum absolute atomic E-state index is 0.100. The number of aryl methyl sites for hydroxylation is 1. The number of amides is 1. The molecule has 0 spiro atoms. The molecule has 0 bridgehead atoms. The maximum absolute atomic E-state index is 12.6. The number of hydrogen-bond acceptors (Lipinski definition) is 5. The second-order valence-corrected chi connectivity index (χ2v) is 7.94. The van der Waals surface area contributed by atoms with E-state index in [1.54, 1.807) is 23.6 Å². The molecule has 3 aromatic rings. The molecule has 0 saturated heterocycles. The zero-order valence-electron chi connectivity index (χ0n) is 16.6.